The molecule has 7 heteroatoms. The Morgan fingerprint density at radius 3 is 2.89 bits per heavy atom. The molecule has 1 aliphatic carbocycles. The molecule has 1 aromatic carbocycles. The number of halogens is 1. The fourth-order valence-corrected chi connectivity index (χ4v) is 4.37. The summed E-state index contributed by atoms with van der Waals surface area (Å²) in [4.78, 5) is 12.4. The van der Waals surface area contributed by atoms with E-state index in [9.17, 15) is 9.18 Å². The zero-order valence-corrected chi connectivity index (χ0v) is 15.7. The van der Waals surface area contributed by atoms with Gasteiger partial charge in [0.1, 0.15) is 5.82 Å². The number of nitrogens with two attached hydrogens (primary N) is 1. The molecule has 144 valence electrons. The molecule has 2 fully saturated rings. The fourth-order valence-electron chi connectivity index (χ4n) is 4.37. The highest BCUT2D eigenvalue weighted by Gasteiger charge is 2.42. The van der Waals surface area contributed by atoms with Gasteiger partial charge in [0.15, 0.2) is 0 Å². The number of benzene rings is 1. The van der Waals surface area contributed by atoms with Gasteiger partial charge in [-0.2, -0.15) is 5.10 Å². The maximum atomic E-state index is 14.6. The van der Waals surface area contributed by atoms with Crippen LogP contribution in [-0.2, 0) is 18.3 Å². The first-order valence-electron chi connectivity index (χ1n) is 9.51. The van der Waals surface area contributed by atoms with E-state index in [1.165, 1.54) is 6.07 Å². The lowest BCUT2D eigenvalue weighted by molar-refractivity contribution is -0.124. The molecule has 0 radical (unpaired) electrons. The molecule has 6 nitrogen and oxygen atoms in total. The minimum atomic E-state index is -0.612. The molecular formula is C20H26FN5O. The number of piperidine rings is 1. The summed E-state index contributed by atoms with van der Waals surface area (Å²) in [6.45, 7) is 1.95. The molecule has 0 spiro atoms. The Morgan fingerprint density at radius 1 is 1.48 bits per heavy atom. The van der Waals surface area contributed by atoms with Crippen LogP contribution >= 0.6 is 0 Å². The molecule has 4 rings (SSSR count). The molecule has 1 amide bonds. The summed E-state index contributed by atoms with van der Waals surface area (Å²) >= 11 is 0. The van der Waals surface area contributed by atoms with Crippen LogP contribution in [0.1, 0.15) is 30.5 Å². The Morgan fingerprint density at radius 2 is 2.30 bits per heavy atom. The highest BCUT2D eigenvalue weighted by molar-refractivity contribution is 5.83. The van der Waals surface area contributed by atoms with E-state index >= 15 is 0 Å². The molecule has 27 heavy (non-hydrogen) atoms. The number of carbonyl (C=O) groups excluding carboxylic acids is 1. The Kier molecular flexibility index (Phi) is 4.74. The highest BCUT2D eigenvalue weighted by Crippen LogP contribution is 2.35. The van der Waals surface area contributed by atoms with Crippen molar-refractivity contribution in [3.05, 3.63) is 41.5 Å². The summed E-state index contributed by atoms with van der Waals surface area (Å²) in [5, 5.41) is 10.4. The van der Waals surface area contributed by atoms with Crippen molar-refractivity contribution in [2.24, 2.45) is 18.7 Å². The number of nitrogens with one attached hydrogen (secondary N) is 2. The normalized spacial score (nSPS) is 25.0. The van der Waals surface area contributed by atoms with Gasteiger partial charge in [0, 0.05) is 30.8 Å². The quantitative estimate of drug-likeness (QED) is 0.698. The van der Waals surface area contributed by atoms with Crippen molar-refractivity contribution in [1.82, 2.24) is 20.4 Å². The molecule has 1 aliphatic heterocycles. The summed E-state index contributed by atoms with van der Waals surface area (Å²) in [6, 6.07) is 5.41. The van der Waals surface area contributed by atoms with Crippen LogP contribution in [0.25, 0.3) is 11.1 Å². The van der Waals surface area contributed by atoms with Gasteiger partial charge in [0.2, 0.25) is 5.91 Å². The van der Waals surface area contributed by atoms with E-state index in [2.05, 4.69) is 15.7 Å². The second-order valence-corrected chi connectivity index (χ2v) is 7.81. The first-order valence-corrected chi connectivity index (χ1v) is 9.51. The number of aryl methyl sites for hydroxylation is 1. The van der Waals surface area contributed by atoms with Crippen LogP contribution in [0.15, 0.2) is 24.4 Å². The second-order valence-electron chi connectivity index (χ2n) is 7.81. The summed E-state index contributed by atoms with van der Waals surface area (Å²) in [5.41, 5.74) is 9.24. The Balaban J connectivity index is 1.40. The topological polar surface area (TPSA) is 85.0 Å². The lowest BCUT2D eigenvalue weighted by Crippen LogP contribution is -2.53. The van der Waals surface area contributed by atoms with Gasteiger partial charge in [-0.3, -0.25) is 9.48 Å². The summed E-state index contributed by atoms with van der Waals surface area (Å²) in [5.74, 6) is 0.0113. The van der Waals surface area contributed by atoms with E-state index in [0.29, 0.717) is 17.5 Å². The van der Waals surface area contributed by atoms with Crippen LogP contribution in [0.3, 0.4) is 0 Å². The van der Waals surface area contributed by atoms with Crippen LogP contribution in [-0.4, -0.2) is 33.9 Å². The van der Waals surface area contributed by atoms with Crippen molar-refractivity contribution >= 4 is 5.91 Å². The van der Waals surface area contributed by atoms with Crippen LogP contribution in [0.5, 0.6) is 0 Å². The molecule has 4 N–H and O–H groups in total. The van der Waals surface area contributed by atoms with Gasteiger partial charge >= 0.3 is 0 Å². The standard InChI is InChI=1S/C20H26FN5O/c1-11-16(10-23-26(11)2)12-3-4-13(17(21)8-12)9-18(22)25-20(27)19-14-5-6-15(7-14)24-19/h3-4,8,10,14-15,18-19,24H,5-7,9,22H2,1-2H3,(H,25,27)/t14-,15+,18?,19-/m0/s1. The number of amides is 1. The maximum Gasteiger partial charge on any atom is 0.238 e. The van der Waals surface area contributed by atoms with Gasteiger partial charge in [-0.15, -0.1) is 0 Å². The predicted molar refractivity (Wildman–Crippen MR) is 101 cm³/mol. The Labute approximate surface area is 158 Å². The third-order valence-electron chi connectivity index (χ3n) is 6.01. The van der Waals surface area contributed by atoms with Gasteiger partial charge in [-0.25, -0.2) is 4.39 Å². The lowest BCUT2D eigenvalue weighted by atomic mass is 9.99. The van der Waals surface area contributed by atoms with Crippen molar-refractivity contribution in [2.75, 3.05) is 0 Å². The second kappa shape index (κ2) is 7.05. The summed E-state index contributed by atoms with van der Waals surface area (Å²) < 4.78 is 16.3. The van der Waals surface area contributed by atoms with Crippen LogP contribution in [0.4, 0.5) is 4.39 Å². The lowest BCUT2D eigenvalue weighted by Gasteiger charge is -2.24. The number of hydrogen-bond donors (Lipinski definition) is 3. The van der Waals surface area contributed by atoms with Gasteiger partial charge in [-0.1, -0.05) is 12.1 Å². The average molecular weight is 371 g/mol. The molecule has 1 aromatic heterocycles. The third-order valence-corrected chi connectivity index (χ3v) is 6.01. The zero-order chi connectivity index (χ0) is 19.1. The largest absolute Gasteiger partial charge is 0.339 e. The number of fused-ring (bicyclic) bond motifs is 2. The highest BCUT2D eigenvalue weighted by atomic mass is 19.1. The van der Waals surface area contributed by atoms with Gasteiger partial charge in [0.25, 0.3) is 0 Å². The Hall–Kier alpha value is -2.25. The molecule has 2 heterocycles. The number of carbonyl (C=O) groups is 1. The van der Waals surface area contributed by atoms with Gasteiger partial charge in [-0.05, 0) is 49.3 Å². The maximum absolute atomic E-state index is 14.6. The number of nitrogens with zero attached hydrogens (tertiary/aromatic N) is 2. The van der Waals surface area contributed by atoms with E-state index in [-0.39, 0.29) is 24.2 Å². The van der Waals surface area contributed by atoms with Gasteiger partial charge in [0.05, 0.1) is 18.4 Å². The summed E-state index contributed by atoms with van der Waals surface area (Å²) in [6.07, 6.45) is 4.68. The molecule has 1 saturated carbocycles. The smallest absolute Gasteiger partial charge is 0.238 e. The monoisotopic (exact) mass is 371 g/mol. The minimum absolute atomic E-state index is 0.0716. The molecule has 4 atom stereocenters. The van der Waals surface area contributed by atoms with Crippen LogP contribution in [0, 0.1) is 18.7 Å². The van der Waals surface area contributed by atoms with Crippen molar-refractivity contribution < 1.29 is 9.18 Å². The van der Waals surface area contributed by atoms with E-state index in [4.69, 9.17) is 5.73 Å². The molecule has 1 unspecified atom stereocenters. The molecule has 1 saturated heterocycles. The van der Waals surface area contributed by atoms with Crippen molar-refractivity contribution in [2.45, 2.75) is 50.9 Å². The van der Waals surface area contributed by atoms with E-state index < -0.39 is 6.17 Å². The summed E-state index contributed by atoms with van der Waals surface area (Å²) in [7, 11) is 1.86. The van der Waals surface area contributed by atoms with Gasteiger partial charge < -0.3 is 16.4 Å². The van der Waals surface area contributed by atoms with E-state index in [1.54, 1.807) is 16.9 Å². The fraction of sp³-hybridized carbons (Fsp3) is 0.500. The molecule has 2 bridgehead atoms. The van der Waals surface area contributed by atoms with Crippen molar-refractivity contribution in [3.63, 3.8) is 0 Å². The molecular weight excluding hydrogens is 345 g/mol. The SMILES string of the molecule is Cc1c(-c2ccc(CC(N)NC(=O)[C@H]3N[C@@H]4CC[C@H]3C4)c(F)c2)cnn1C. The van der Waals surface area contributed by atoms with E-state index in [1.807, 2.05) is 20.0 Å². The van der Waals surface area contributed by atoms with Crippen LogP contribution in [0.2, 0.25) is 0 Å². The number of rotatable bonds is 5. The Bertz CT molecular complexity index is 864. The van der Waals surface area contributed by atoms with E-state index in [0.717, 1.165) is 36.1 Å². The molecule has 2 aliphatic rings. The average Bonchev–Trinajstić information content (AvgIpc) is 3.34. The first kappa shape index (κ1) is 18.1. The van der Waals surface area contributed by atoms with Crippen molar-refractivity contribution in [1.29, 1.82) is 0 Å². The third kappa shape index (κ3) is 3.49. The predicted octanol–water partition coefficient (Wildman–Crippen LogP) is 1.62. The van der Waals surface area contributed by atoms with Crippen LogP contribution < -0.4 is 16.4 Å². The van der Waals surface area contributed by atoms with Crippen molar-refractivity contribution in [3.8, 4) is 11.1 Å². The molecule has 2 aromatic rings. The zero-order valence-electron chi connectivity index (χ0n) is 15.7. The first-order chi connectivity index (χ1) is 12.9. The number of hydrogen-bond acceptors (Lipinski definition) is 4. The number of aromatic nitrogens is 2. The minimum Gasteiger partial charge on any atom is -0.339 e.